The summed E-state index contributed by atoms with van der Waals surface area (Å²) in [4.78, 5) is 27.9. The molecule has 0 unspecified atom stereocenters. The number of nitrogens with zero attached hydrogens (tertiary/aromatic N) is 1. The van der Waals surface area contributed by atoms with Crippen molar-refractivity contribution in [2.75, 3.05) is 6.61 Å². The minimum Gasteiger partial charge on any atom is -0.483 e. The van der Waals surface area contributed by atoms with Crippen molar-refractivity contribution in [1.29, 1.82) is 0 Å². The summed E-state index contributed by atoms with van der Waals surface area (Å²) in [7, 11) is 0. The van der Waals surface area contributed by atoms with E-state index in [0.29, 0.717) is 16.7 Å². The summed E-state index contributed by atoms with van der Waals surface area (Å²) in [5.41, 5.74) is 2.04. The molecule has 5 nitrogen and oxygen atoms in total. The van der Waals surface area contributed by atoms with Gasteiger partial charge in [0.2, 0.25) is 5.91 Å². The second-order valence-corrected chi connectivity index (χ2v) is 10.6. The fourth-order valence-electron chi connectivity index (χ4n) is 4.20. The van der Waals surface area contributed by atoms with Gasteiger partial charge in [0, 0.05) is 17.6 Å². The first kappa shape index (κ1) is 26.6. The third-order valence-corrected chi connectivity index (χ3v) is 7.19. The summed E-state index contributed by atoms with van der Waals surface area (Å²) in [6, 6.07) is 12.8. The Morgan fingerprint density at radius 2 is 1.85 bits per heavy atom. The van der Waals surface area contributed by atoms with Gasteiger partial charge in [-0.05, 0) is 77.0 Å². The SMILES string of the molecule is CC(C)c1ccc(OCC(=O)N(Cc2cccc(Cl)c2)[C@H](C)C(=O)NC2CCCCC2)c(Br)c1. The van der Waals surface area contributed by atoms with Crippen LogP contribution in [0.2, 0.25) is 5.02 Å². The standard InChI is InChI=1S/C27H34BrClN2O3/c1-18(2)21-12-13-25(24(28)15-21)34-17-26(32)31(16-20-8-7-9-22(29)14-20)19(3)27(33)30-23-10-5-4-6-11-23/h7-9,12-15,18-19,23H,4-6,10-11,16-17H2,1-3H3,(H,30,33)/t19-/m1/s1. The van der Waals surface area contributed by atoms with Crippen molar-refractivity contribution in [3.63, 3.8) is 0 Å². The molecule has 1 aliphatic rings. The third-order valence-electron chi connectivity index (χ3n) is 6.33. The van der Waals surface area contributed by atoms with Crippen molar-refractivity contribution in [1.82, 2.24) is 10.2 Å². The van der Waals surface area contributed by atoms with E-state index in [1.807, 2.05) is 36.4 Å². The van der Waals surface area contributed by atoms with E-state index in [-0.39, 0.29) is 31.0 Å². The van der Waals surface area contributed by atoms with Crippen LogP contribution in [0.1, 0.15) is 69.9 Å². The first-order chi connectivity index (χ1) is 16.2. The van der Waals surface area contributed by atoms with Crippen molar-refractivity contribution in [3.8, 4) is 5.75 Å². The Balaban J connectivity index is 1.72. The molecule has 1 aliphatic carbocycles. The second kappa shape index (κ2) is 12.6. The van der Waals surface area contributed by atoms with Gasteiger partial charge in [-0.1, -0.05) is 62.9 Å². The molecule has 0 aromatic heterocycles. The largest absolute Gasteiger partial charge is 0.483 e. The molecule has 0 aliphatic heterocycles. The van der Waals surface area contributed by atoms with E-state index in [2.05, 4.69) is 35.1 Å². The molecule has 0 bridgehead atoms. The van der Waals surface area contributed by atoms with Crippen LogP contribution in [0.25, 0.3) is 0 Å². The lowest BCUT2D eigenvalue weighted by Gasteiger charge is -2.31. The Bertz CT molecular complexity index is 992. The number of carbonyl (C=O) groups excluding carboxylic acids is 2. The van der Waals surface area contributed by atoms with Crippen LogP contribution in [0.4, 0.5) is 0 Å². The molecule has 2 aromatic rings. The van der Waals surface area contributed by atoms with E-state index in [9.17, 15) is 9.59 Å². The highest BCUT2D eigenvalue weighted by Crippen LogP contribution is 2.29. The van der Waals surface area contributed by atoms with Crippen LogP contribution in [0.5, 0.6) is 5.75 Å². The van der Waals surface area contributed by atoms with Crippen LogP contribution in [0.3, 0.4) is 0 Å². The number of halogens is 2. The Kier molecular flexibility index (Phi) is 9.84. The maximum absolute atomic E-state index is 13.3. The molecule has 0 saturated heterocycles. The first-order valence-corrected chi connectivity index (χ1v) is 13.2. The van der Waals surface area contributed by atoms with E-state index in [1.54, 1.807) is 17.9 Å². The Labute approximate surface area is 216 Å². The van der Waals surface area contributed by atoms with Gasteiger partial charge in [-0.15, -0.1) is 0 Å². The number of benzene rings is 2. The zero-order chi connectivity index (χ0) is 24.7. The normalized spacial score (nSPS) is 15.1. The zero-order valence-corrected chi connectivity index (χ0v) is 22.5. The number of hydrogen-bond acceptors (Lipinski definition) is 3. The Hall–Kier alpha value is -2.05. The van der Waals surface area contributed by atoms with Crippen LogP contribution in [0, 0.1) is 0 Å². The van der Waals surface area contributed by atoms with Gasteiger partial charge >= 0.3 is 0 Å². The van der Waals surface area contributed by atoms with Crippen LogP contribution in [-0.2, 0) is 16.1 Å². The summed E-state index contributed by atoms with van der Waals surface area (Å²) in [6.07, 6.45) is 5.45. The molecule has 1 saturated carbocycles. The highest BCUT2D eigenvalue weighted by atomic mass is 79.9. The van der Waals surface area contributed by atoms with Crippen molar-refractivity contribution in [2.24, 2.45) is 0 Å². The Morgan fingerprint density at radius 3 is 2.50 bits per heavy atom. The van der Waals surface area contributed by atoms with E-state index < -0.39 is 6.04 Å². The molecular weight excluding hydrogens is 516 g/mol. The first-order valence-electron chi connectivity index (χ1n) is 12.0. The minimum absolute atomic E-state index is 0.134. The summed E-state index contributed by atoms with van der Waals surface area (Å²) in [6.45, 7) is 6.13. The smallest absolute Gasteiger partial charge is 0.261 e. The van der Waals surface area contributed by atoms with Crippen molar-refractivity contribution >= 4 is 39.3 Å². The van der Waals surface area contributed by atoms with Crippen LogP contribution in [0.15, 0.2) is 46.9 Å². The van der Waals surface area contributed by atoms with Gasteiger partial charge in [0.15, 0.2) is 6.61 Å². The lowest BCUT2D eigenvalue weighted by molar-refractivity contribution is -0.142. The molecule has 34 heavy (non-hydrogen) atoms. The molecule has 2 aromatic carbocycles. The monoisotopic (exact) mass is 548 g/mol. The average molecular weight is 550 g/mol. The lowest BCUT2D eigenvalue weighted by atomic mass is 9.95. The summed E-state index contributed by atoms with van der Waals surface area (Å²) in [5.74, 6) is 0.597. The van der Waals surface area contributed by atoms with Crippen molar-refractivity contribution < 1.29 is 14.3 Å². The molecular formula is C27H34BrClN2O3. The summed E-state index contributed by atoms with van der Waals surface area (Å²) < 4.78 is 6.66. The van der Waals surface area contributed by atoms with Gasteiger partial charge in [-0.25, -0.2) is 0 Å². The third kappa shape index (κ3) is 7.47. The van der Waals surface area contributed by atoms with Gasteiger partial charge in [-0.3, -0.25) is 9.59 Å². The minimum atomic E-state index is -0.635. The fourth-order valence-corrected chi connectivity index (χ4v) is 4.92. The lowest BCUT2D eigenvalue weighted by Crippen LogP contribution is -2.51. The highest BCUT2D eigenvalue weighted by Gasteiger charge is 2.28. The number of ether oxygens (including phenoxy) is 1. The fraction of sp³-hybridized carbons (Fsp3) is 0.481. The molecule has 1 fully saturated rings. The number of carbonyl (C=O) groups is 2. The maximum Gasteiger partial charge on any atom is 0.261 e. The van der Waals surface area contributed by atoms with Crippen LogP contribution in [-0.4, -0.2) is 35.4 Å². The highest BCUT2D eigenvalue weighted by molar-refractivity contribution is 9.10. The van der Waals surface area contributed by atoms with Gasteiger partial charge < -0.3 is 15.0 Å². The predicted molar refractivity (Wildman–Crippen MR) is 140 cm³/mol. The summed E-state index contributed by atoms with van der Waals surface area (Å²) >= 11 is 9.70. The van der Waals surface area contributed by atoms with E-state index >= 15 is 0 Å². The van der Waals surface area contributed by atoms with Gasteiger partial charge in [-0.2, -0.15) is 0 Å². The van der Waals surface area contributed by atoms with Crippen LogP contribution < -0.4 is 10.1 Å². The second-order valence-electron chi connectivity index (χ2n) is 9.30. The van der Waals surface area contributed by atoms with E-state index in [1.165, 1.54) is 12.0 Å². The van der Waals surface area contributed by atoms with Gasteiger partial charge in [0.25, 0.3) is 5.91 Å². The molecule has 184 valence electrons. The number of hydrogen-bond donors (Lipinski definition) is 1. The average Bonchev–Trinajstić information content (AvgIpc) is 2.81. The topological polar surface area (TPSA) is 58.6 Å². The van der Waals surface area contributed by atoms with Gasteiger partial charge in [0.05, 0.1) is 4.47 Å². The summed E-state index contributed by atoms with van der Waals surface area (Å²) in [5, 5.41) is 3.74. The van der Waals surface area contributed by atoms with Crippen molar-refractivity contribution in [2.45, 2.75) is 77.4 Å². The molecule has 2 amide bonds. The maximum atomic E-state index is 13.3. The molecule has 0 spiro atoms. The molecule has 0 heterocycles. The number of rotatable bonds is 9. The number of nitrogens with one attached hydrogen (secondary N) is 1. The zero-order valence-electron chi connectivity index (χ0n) is 20.2. The molecule has 3 rings (SSSR count). The molecule has 7 heteroatoms. The van der Waals surface area contributed by atoms with Crippen molar-refractivity contribution in [3.05, 3.63) is 63.1 Å². The molecule has 0 radical (unpaired) electrons. The van der Waals surface area contributed by atoms with E-state index in [4.69, 9.17) is 16.3 Å². The Morgan fingerprint density at radius 1 is 1.12 bits per heavy atom. The number of amides is 2. The van der Waals surface area contributed by atoms with Crippen LogP contribution >= 0.6 is 27.5 Å². The van der Waals surface area contributed by atoms with E-state index in [0.717, 1.165) is 35.7 Å². The quantitative estimate of drug-likeness (QED) is 0.390. The predicted octanol–water partition coefficient (Wildman–Crippen LogP) is 6.47. The van der Waals surface area contributed by atoms with Gasteiger partial charge in [0.1, 0.15) is 11.8 Å². The molecule has 1 N–H and O–H groups in total. The molecule has 1 atom stereocenters.